The van der Waals surface area contributed by atoms with Crippen LogP contribution < -0.4 is 5.32 Å². The van der Waals surface area contributed by atoms with Crippen LogP contribution >= 0.6 is 11.6 Å². The van der Waals surface area contributed by atoms with E-state index in [1.807, 2.05) is 11.9 Å². The monoisotopic (exact) mass is 478 g/mol. The Hall–Kier alpha value is -2.46. The second-order valence-corrected chi connectivity index (χ2v) is 9.98. The van der Waals surface area contributed by atoms with Crippen LogP contribution in [0.1, 0.15) is 17.3 Å². The normalized spacial score (nSPS) is 15.1. The summed E-state index contributed by atoms with van der Waals surface area (Å²) in [6.45, 7) is 4.52. The summed E-state index contributed by atoms with van der Waals surface area (Å²) in [6, 6.07) is 12.4. The molecular formula is C22H27ClN4O4S. The SMILES string of the molecule is CCN(CC(=O)Nc1ccc(C(=O)N2CCN(C)CC2)cc1)S(=O)(=O)c1ccc(Cl)cc1. The first-order valence-corrected chi connectivity index (χ1v) is 12.2. The fourth-order valence-electron chi connectivity index (χ4n) is 3.37. The van der Waals surface area contributed by atoms with Crippen LogP contribution in [0.5, 0.6) is 0 Å². The van der Waals surface area contributed by atoms with Gasteiger partial charge in [-0.15, -0.1) is 0 Å². The van der Waals surface area contributed by atoms with E-state index in [2.05, 4.69) is 10.2 Å². The molecule has 0 unspecified atom stereocenters. The number of hydrogen-bond acceptors (Lipinski definition) is 5. The van der Waals surface area contributed by atoms with Crippen molar-refractivity contribution >= 4 is 39.1 Å². The number of carbonyl (C=O) groups is 2. The van der Waals surface area contributed by atoms with E-state index in [-0.39, 0.29) is 23.9 Å². The smallest absolute Gasteiger partial charge is 0.253 e. The molecule has 1 aliphatic rings. The maximum atomic E-state index is 12.8. The average Bonchev–Trinajstić information content (AvgIpc) is 2.78. The summed E-state index contributed by atoms with van der Waals surface area (Å²) in [5.41, 5.74) is 1.04. The summed E-state index contributed by atoms with van der Waals surface area (Å²) in [5.74, 6) is -0.510. The van der Waals surface area contributed by atoms with E-state index in [1.54, 1.807) is 31.2 Å². The van der Waals surface area contributed by atoms with Crippen molar-refractivity contribution in [3.8, 4) is 0 Å². The molecule has 32 heavy (non-hydrogen) atoms. The number of sulfonamides is 1. The van der Waals surface area contributed by atoms with E-state index in [4.69, 9.17) is 11.6 Å². The van der Waals surface area contributed by atoms with Crippen molar-refractivity contribution in [3.63, 3.8) is 0 Å². The number of nitrogens with one attached hydrogen (secondary N) is 1. The van der Waals surface area contributed by atoms with Crippen LogP contribution in [0, 0.1) is 0 Å². The van der Waals surface area contributed by atoms with Crippen molar-refractivity contribution in [3.05, 3.63) is 59.1 Å². The lowest BCUT2D eigenvalue weighted by Crippen LogP contribution is -2.47. The first-order chi connectivity index (χ1) is 15.2. The molecule has 0 aliphatic carbocycles. The Morgan fingerprint density at radius 1 is 1.00 bits per heavy atom. The maximum Gasteiger partial charge on any atom is 0.253 e. The molecule has 0 atom stereocenters. The molecule has 2 aromatic carbocycles. The predicted octanol–water partition coefficient (Wildman–Crippen LogP) is 2.38. The molecule has 1 aliphatic heterocycles. The van der Waals surface area contributed by atoms with Gasteiger partial charge in [-0.05, 0) is 55.6 Å². The molecule has 0 bridgehead atoms. The van der Waals surface area contributed by atoms with E-state index >= 15 is 0 Å². The van der Waals surface area contributed by atoms with Gasteiger partial charge >= 0.3 is 0 Å². The topological polar surface area (TPSA) is 90.0 Å². The quantitative estimate of drug-likeness (QED) is 0.659. The number of anilines is 1. The minimum absolute atomic E-state index is 0.0396. The highest BCUT2D eigenvalue weighted by Crippen LogP contribution is 2.19. The molecule has 0 spiro atoms. The lowest BCUT2D eigenvalue weighted by molar-refractivity contribution is -0.116. The minimum atomic E-state index is -3.83. The molecule has 1 fully saturated rings. The summed E-state index contributed by atoms with van der Waals surface area (Å²) in [5, 5.41) is 3.12. The molecule has 2 amide bonds. The number of carbonyl (C=O) groups excluding carboxylic acids is 2. The molecule has 172 valence electrons. The number of benzene rings is 2. The minimum Gasteiger partial charge on any atom is -0.336 e. The van der Waals surface area contributed by atoms with Crippen LogP contribution in [0.15, 0.2) is 53.4 Å². The number of amides is 2. The molecule has 3 rings (SSSR count). The van der Waals surface area contributed by atoms with Gasteiger partial charge in [-0.1, -0.05) is 18.5 Å². The average molecular weight is 479 g/mol. The van der Waals surface area contributed by atoms with Crippen LogP contribution in [0.2, 0.25) is 5.02 Å². The van der Waals surface area contributed by atoms with Gasteiger partial charge in [0.25, 0.3) is 5.91 Å². The highest BCUT2D eigenvalue weighted by atomic mass is 35.5. The summed E-state index contributed by atoms with van der Waals surface area (Å²) in [6.07, 6.45) is 0. The van der Waals surface area contributed by atoms with Gasteiger partial charge in [0.1, 0.15) is 0 Å². The zero-order valence-corrected chi connectivity index (χ0v) is 19.7. The fraction of sp³-hybridized carbons (Fsp3) is 0.364. The Morgan fingerprint density at radius 3 is 2.16 bits per heavy atom. The second kappa shape index (κ2) is 10.4. The van der Waals surface area contributed by atoms with Gasteiger partial charge in [-0.3, -0.25) is 9.59 Å². The number of halogens is 1. The van der Waals surface area contributed by atoms with Crippen molar-refractivity contribution in [1.29, 1.82) is 0 Å². The third-order valence-corrected chi connectivity index (χ3v) is 7.52. The molecule has 1 heterocycles. The molecule has 0 aromatic heterocycles. The molecule has 2 aromatic rings. The Balaban J connectivity index is 1.61. The Morgan fingerprint density at radius 2 is 1.59 bits per heavy atom. The molecule has 0 saturated carbocycles. The molecule has 0 radical (unpaired) electrons. The number of rotatable bonds is 7. The third kappa shape index (κ3) is 5.86. The van der Waals surface area contributed by atoms with Crippen LogP contribution in [0.4, 0.5) is 5.69 Å². The summed E-state index contributed by atoms with van der Waals surface area (Å²) >= 11 is 5.83. The Labute approximate surface area is 193 Å². The summed E-state index contributed by atoms with van der Waals surface area (Å²) < 4.78 is 26.7. The van der Waals surface area contributed by atoms with Crippen LogP contribution in [-0.2, 0) is 14.8 Å². The highest BCUT2D eigenvalue weighted by Gasteiger charge is 2.25. The van der Waals surface area contributed by atoms with Crippen LogP contribution in [-0.4, -0.2) is 80.7 Å². The summed E-state index contributed by atoms with van der Waals surface area (Å²) in [7, 11) is -1.80. The first kappa shape index (κ1) is 24.2. The largest absolute Gasteiger partial charge is 0.336 e. The van der Waals surface area contributed by atoms with Gasteiger partial charge < -0.3 is 15.1 Å². The fourth-order valence-corrected chi connectivity index (χ4v) is 4.90. The maximum absolute atomic E-state index is 12.8. The van der Waals surface area contributed by atoms with Gasteiger partial charge in [0.15, 0.2) is 0 Å². The lowest BCUT2D eigenvalue weighted by atomic mass is 10.1. The molecule has 10 heteroatoms. The van der Waals surface area contributed by atoms with Crippen LogP contribution in [0.25, 0.3) is 0 Å². The molecule has 1 saturated heterocycles. The predicted molar refractivity (Wildman–Crippen MR) is 124 cm³/mol. The second-order valence-electron chi connectivity index (χ2n) is 7.61. The molecule has 8 nitrogen and oxygen atoms in total. The van der Waals surface area contributed by atoms with Gasteiger partial charge in [-0.2, -0.15) is 4.31 Å². The Bertz CT molecular complexity index is 1050. The van der Waals surface area contributed by atoms with E-state index in [0.717, 1.165) is 17.4 Å². The van der Waals surface area contributed by atoms with Gasteiger partial charge in [0.2, 0.25) is 15.9 Å². The van der Waals surface area contributed by atoms with E-state index in [1.165, 1.54) is 24.3 Å². The van der Waals surface area contributed by atoms with Gasteiger partial charge in [0, 0.05) is 49.0 Å². The number of nitrogens with zero attached hydrogens (tertiary/aromatic N) is 3. The van der Waals surface area contributed by atoms with Crippen molar-refractivity contribution < 1.29 is 18.0 Å². The van der Waals surface area contributed by atoms with E-state index in [0.29, 0.717) is 29.4 Å². The third-order valence-electron chi connectivity index (χ3n) is 5.33. The van der Waals surface area contributed by atoms with Gasteiger partial charge in [0.05, 0.1) is 11.4 Å². The summed E-state index contributed by atoms with van der Waals surface area (Å²) in [4.78, 5) is 29.2. The highest BCUT2D eigenvalue weighted by molar-refractivity contribution is 7.89. The van der Waals surface area contributed by atoms with Crippen molar-refractivity contribution in [2.45, 2.75) is 11.8 Å². The number of likely N-dealkylation sites (N-methyl/N-ethyl adjacent to an activating group) is 2. The van der Waals surface area contributed by atoms with E-state index < -0.39 is 15.9 Å². The van der Waals surface area contributed by atoms with Crippen molar-refractivity contribution in [1.82, 2.24) is 14.1 Å². The zero-order valence-electron chi connectivity index (χ0n) is 18.1. The van der Waals surface area contributed by atoms with Crippen LogP contribution in [0.3, 0.4) is 0 Å². The number of piperazine rings is 1. The zero-order chi connectivity index (χ0) is 23.3. The molecule has 1 N–H and O–H groups in total. The van der Waals surface area contributed by atoms with Gasteiger partial charge in [-0.25, -0.2) is 8.42 Å². The van der Waals surface area contributed by atoms with E-state index in [9.17, 15) is 18.0 Å². The lowest BCUT2D eigenvalue weighted by Gasteiger charge is -2.32. The van der Waals surface area contributed by atoms with Crippen molar-refractivity contribution in [2.24, 2.45) is 0 Å². The van der Waals surface area contributed by atoms with Crippen molar-refractivity contribution in [2.75, 3.05) is 51.6 Å². The number of hydrogen-bond donors (Lipinski definition) is 1. The standard InChI is InChI=1S/C22H27ClN4O4S/c1-3-27(32(30,31)20-10-6-18(23)7-11-20)16-21(28)24-19-8-4-17(5-9-19)22(29)26-14-12-25(2)13-15-26/h4-11H,3,12-16H2,1-2H3,(H,24,28). The molecular weight excluding hydrogens is 452 g/mol. The first-order valence-electron chi connectivity index (χ1n) is 10.3. The Kier molecular flexibility index (Phi) is 7.89.